The Balaban J connectivity index is 1.76. The smallest absolute Gasteiger partial charge is 0.338 e. The van der Waals surface area contributed by atoms with E-state index in [4.69, 9.17) is 16.3 Å². The number of carbonyl (C=O) groups excluding carboxylic acids is 3. The number of nitrogens with zero attached hydrogens (tertiary/aromatic N) is 1. The monoisotopic (exact) mass is 402 g/mol. The number of ether oxygens (including phenoxy) is 1. The van der Waals surface area contributed by atoms with Crippen LogP contribution in [0.1, 0.15) is 23.7 Å². The maximum absolute atomic E-state index is 13.1. The zero-order valence-corrected chi connectivity index (χ0v) is 15.6. The van der Waals surface area contributed by atoms with E-state index < -0.39 is 23.6 Å². The zero-order chi connectivity index (χ0) is 20.3. The van der Waals surface area contributed by atoms with Gasteiger partial charge in [0.2, 0.25) is 0 Å². The normalized spacial score (nSPS) is 13.9. The quantitative estimate of drug-likeness (QED) is 0.587. The Morgan fingerprint density at radius 1 is 1.07 bits per heavy atom. The van der Waals surface area contributed by atoms with Crippen LogP contribution in [0, 0.1) is 5.82 Å². The number of rotatable bonds is 6. The van der Waals surface area contributed by atoms with Crippen LogP contribution in [0.15, 0.2) is 59.3 Å². The van der Waals surface area contributed by atoms with Crippen molar-refractivity contribution in [1.82, 2.24) is 0 Å². The van der Waals surface area contributed by atoms with Crippen molar-refractivity contribution >= 4 is 40.8 Å². The van der Waals surface area contributed by atoms with E-state index in [1.807, 2.05) is 6.92 Å². The molecule has 28 heavy (non-hydrogen) atoms. The van der Waals surface area contributed by atoms with Crippen LogP contribution in [-0.4, -0.2) is 24.4 Å². The fourth-order valence-corrected chi connectivity index (χ4v) is 2.76. The number of halogens is 2. The van der Waals surface area contributed by atoms with Gasteiger partial charge >= 0.3 is 5.97 Å². The highest BCUT2D eigenvalue weighted by atomic mass is 35.5. The lowest BCUT2D eigenvalue weighted by molar-refractivity contribution is -0.120. The standard InChI is InChI=1S/C20H16ClFN2O4/c1-2-11-28-20(27)12-3-7-14(8-4-12)23-17-16(21)18(25)24(19(17)26)15-9-5-13(22)6-10-15/h3-10,23H,2,11H2,1H3. The van der Waals surface area contributed by atoms with Gasteiger partial charge in [-0.2, -0.15) is 0 Å². The summed E-state index contributed by atoms with van der Waals surface area (Å²) < 4.78 is 18.1. The van der Waals surface area contributed by atoms with Crippen LogP contribution >= 0.6 is 11.6 Å². The minimum Gasteiger partial charge on any atom is -0.462 e. The first kappa shape index (κ1) is 19.6. The Bertz CT molecular complexity index is 955. The average Bonchev–Trinajstić information content (AvgIpc) is 2.91. The molecule has 1 heterocycles. The first-order chi connectivity index (χ1) is 13.4. The summed E-state index contributed by atoms with van der Waals surface area (Å²) in [5, 5.41) is 2.52. The highest BCUT2D eigenvalue weighted by molar-refractivity contribution is 6.53. The van der Waals surface area contributed by atoms with Crippen LogP contribution in [0.2, 0.25) is 0 Å². The third-order valence-corrected chi connectivity index (χ3v) is 4.29. The van der Waals surface area contributed by atoms with Crippen molar-refractivity contribution in [2.24, 2.45) is 0 Å². The molecule has 2 aromatic rings. The van der Waals surface area contributed by atoms with Gasteiger partial charge < -0.3 is 10.1 Å². The van der Waals surface area contributed by atoms with Gasteiger partial charge in [-0.15, -0.1) is 0 Å². The maximum Gasteiger partial charge on any atom is 0.338 e. The van der Waals surface area contributed by atoms with Gasteiger partial charge in [0.05, 0.1) is 17.9 Å². The summed E-state index contributed by atoms with van der Waals surface area (Å²) in [7, 11) is 0. The Morgan fingerprint density at radius 2 is 1.71 bits per heavy atom. The second kappa shape index (κ2) is 8.22. The Kier molecular flexibility index (Phi) is 5.75. The first-order valence-electron chi connectivity index (χ1n) is 8.50. The summed E-state index contributed by atoms with van der Waals surface area (Å²) in [5.74, 6) is -2.30. The van der Waals surface area contributed by atoms with Gasteiger partial charge in [-0.25, -0.2) is 14.1 Å². The molecule has 0 spiro atoms. The third-order valence-electron chi connectivity index (χ3n) is 3.94. The molecule has 0 unspecified atom stereocenters. The molecule has 1 N–H and O–H groups in total. The molecule has 0 saturated carbocycles. The summed E-state index contributed by atoms with van der Waals surface area (Å²) in [5.41, 5.74) is 0.931. The zero-order valence-electron chi connectivity index (χ0n) is 14.9. The summed E-state index contributed by atoms with van der Waals surface area (Å²) in [4.78, 5) is 37.7. The first-order valence-corrected chi connectivity index (χ1v) is 8.88. The number of nitrogens with one attached hydrogen (secondary N) is 1. The Hall–Kier alpha value is -3.19. The second-order valence-corrected chi connectivity index (χ2v) is 6.33. The van der Waals surface area contributed by atoms with Crippen LogP contribution in [0.3, 0.4) is 0 Å². The summed E-state index contributed by atoms with van der Waals surface area (Å²) in [6, 6.07) is 11.1. The molecule has 3 rings (SSSR count). The van der Waals surface area contributed by atoms with Crippen molar-refractivity contribution in [3.8, 4) is 0 Å². The molecule has 0 radical (unpaired) electrons. The van der Waals surface area contributed by atoms with Gasteiger partial charge in [-0.05, 0) is 55.0 Å². The fraction of sp³-hybridized carbons (Fsp3) is 0.150. The number of hydrogen-bond donors (Lipinski definition) is 1. The molecule has 0 aromatic heterocycles. The number of imide groups is 1. The predicted octanol–water partition coefficient (Wildman–Crippen LogP) is 3.83. The second-order valence-electron chi connectivity index (χ2n) is 5.95. The van der Waals surface area contributed by atoms with E-state index in [0.29, 0.717) is 17.9 Å². The van der Waals surface area contributed by atoms with Gasteiger partial charge in [0, 0.05) is 5.69 Å². The van der Waals surface area contributed by atoms with Crippen LogP contribution in [0.4, 0.5) is 15.8 Å². The third kappa shape index (κ3) is 3.89. The number of anilines is 2. The summed E-state index contributed by atoms with van der Waals surface area (Å²) in [6.07, 6.45) is 0.721. The lowest BCUT2D eigenvalue weighted by Crippen LogP contribution is -2.32. The van der Waals surface area contributed by atoms with Crippen molar-refractivity contribution in [2.75, 3.05) is 16.8 Å². The molecular formula is C20H16ClFN2O4. The van der Waals surface area contributed by atoms with Crippen LogP contribution < -0.4 is 10.2 Å². The molecule has 1 aliphatic heterocycles. The van der Waals surface area contributed by atoms with Gasteiger partial charge in [0.1, 0.15) is 16.5 Å². The lowest BCUT2D eigenvalue weighted by atomic mass is 10.2. The number of esters is 1. The largest absolute Gasteiger partial charge is 0.462 e. The van der Waals surface area contributed by atoms with Crippen molar-refractivity contribution in [1.29, 1.82) is 0 Å². The fourth-order valence-electron chi connectivity index (χ4n) is 2.55. The molecule has 0 bridgehead atoms. The number of hydrogen-bond acceptors (Lipinski definition) is 5. The molecule has 1 aliphatic rings. The topological polar surface area (TPSA) is 75.7 Å². The molecule has 144 valence electrons. The Morgan fingerprint density at radius 3 is 2.32 bits per heavy atom. The molecule has 8 heteroatoms. The highest BCUT2D eigenvalue weighted by Gasteiger charge is 2.38. The lowest BCUT2D eigenvalue weighted by Gasteiger charge is -2.15. The number of benzene rings is 2. The SMILES string of the molecule is CCCOC(=O)c1ccc(NC2=C(Cl)C(=O)N(c3ccc(F)cc3)C2=O)cc1. The van der Waals surface area contributed by atoms with Crippen molar-refractivity contribution < 1.29 is 23.5 Å². The van der Waals surface area contributed by atoms with Gasteiger partial charge in [0.15, 0.2) is 0 Å². The number of amides is 2. The van der Waals surface area contributed by atoms with E-state index >= 15 is 0 Å². The summed E-state index contributed by atoms with van der Waals surface area (Å²) >= 11 is 6.05. The number of carbonyl (C=O) groups is 3. The van der Waals surface area contributed by atoms with Crippen LogP contribution in [-0.2, 0) is 14.3 Å². The van der Waals surface area contributed by atoms with E-state index in [1.54, 1.807) is 12.1 Å². The van der Waals surface area contributed by atoms with Crippen molar-refractivity contribution in [3.05, 3.63) is 70.6 Å². The van der Waals surface area contributed by atoms with E-state index in [0.717, 1.165) is 23.5 Å². The van der Waals surface area contributed by atoms with Gasteiger partial charge in [-0.3, -0.25) is 9.59 Å². The molecule has 0 saturated heterocycles. The molecule has 0 atom stereocenters. The highest BCUT2D eigenvalue weighted by Crippen LogP contribution is 2.30. The van der Waals surface area contributed by atoms with Crippen LogP contribution in [0.5, 0.6) is 0 Å². The minimum atomic E-state index is -0.708. The van der Waals surface area contributed by atoms with Gasteiger partial charge in [-0.1, -0.05) is 18.5 Å². The molecule has 0 fully saturated rings. The maximum atomic E-state index is 13.1. The minimum absolute atomic E-state index is 0.0997. The van der Waals surface area contributed by atoms with E-state index in [1.165, 1.54) is 24.3 Å². The summed E-state index contributed by atoms with van der Waals surface area (Å²) in [6.45, 7) is 2.23. The van der Waals surface area contributed by atoms with E-state index in [-0.39, 0.29) is 16.4 Å². The molecule has 2 aromatic carbocycles. The molecular weight excluding hydrogens is 387 g/mol. The van der Waals surface area contributed by atoms with Gasteiger partial charge in [0.25, 0.3) is 11.8 Å². The van der Waals surface area contributed by atoms with Crippen molar-refractivity contribution in [3.63, 3.8) is 0 Å². The van der Waals surface area contributed by atoms with Crippen molar-refractivity contribution in [2.45, 2.75) is 13.3 Å². The molecule has 6 nitrogen and oxygen atoms in total. The Labute approximate surface area is 165 Å². The van der Waals surface area contributed by atoms with E-state index in [2.05, 4.69) is 5.32 Å². The predicted molar refractivity (Wildman–Crippen MR) is 102 cm³/mol. The van der Waals surface area contributed by atoms with E-state index in [9.17, 15) is 18.8 Å². The average molecular weight is 403 g/mol. The molecule has 0 aliphatic carbocycles. The molecule has 2 amide bonds. The van der Waals surface area contributed by atoms with Crippen LogP contribution in [0.25, 0.3) is 0 Å².